The summed E-state index contributed by atoms with van der Waals surface area (Å²) in [5.41, 5.74) is 3.88. The summed E-state index contributed by atoms with van der Waals surface area (Å²) in [4.78, 5) is 22.5. The monoisotopic (exact) mass is 467 g/mol. The van der Waals surface area contributed by atoms with E-state index in [1.807, 2.05) is 0 Å². The lowest BCUT2D eigenvalue weighted by molar-refractivity contribution is -0.385. The molecule has 0 atom stereocenters. The number of carbonyl (C=O) groups is 1. The number of nitro groups is 1. The Morgan fingerprint density at radius 2 is 1.97 bits per heavy atom. The maximum absolute atomic E-state index is 12.0. The van der Waals surface area contributed by atoms with E-state index in [1.165, 1.54) is 30.5 Å². The van der Waals surface area contributed by atoms with Gasteiger partial charge in [-0.3, -0.25) is 14.9 Å². The fourth-order valence-electron chi connectivity index (χ4n) is 2.59. The number of carbonyl (C=O) groups excluding carboxylic acids is 1. The van der Waals surface area contributed by atoms with Gasteiger partial charge in [0.05, 0.1) is 21.8 Å². The number of hydrazone groups is 1. The van der Waals surface area contributed by atoms with Crippen LogP contribution in [0.1, 0.15) is 11.1 Å². The minimum Gasteiger partial charge on any atom is -0.507 e. The normalized spacial score (nSPS) is 11.1. The van der Waals surface area contributed by atoms with Gasteiger partial charge in [-0.1, -0.05) is 29.8 Å². The molecule has 0 aliphatic rings. The predicted molar refractivity (Wildman–Crippen MR) is 123 cm³/mol. The first-order valence-corrected chi connectivity index (χ1v) is 9.90. The molecule has 1 amide bonds. The van der Waals surface area contributed by atoms with Crippen molar-refractivity contribution >= 4 is 40.8 Å². The number of amides is 1. The average molecular weight is 468 g/mol. The number of azo groups is 1. The lowest BCUT2D eigenvalue weighted by Gasteiger charge is -2.06. The van der Waals surface area contributed by atoms with Gasteiger partial charge in [-0.15, -0.1) is 5.11 Å². The molecule has 0 spiro atoms. The second-order valence-electron chi connectivity index (χ2n) is 6.70. The number of ether oxygens (including phenoxy) is 1. The highest BCUT2D eigenvalue weighted by atomic mass is 35.5. The summed E-state index contributed by atoms with van der Waals surface area (Å²) >= 11 is 6.04. The smallest absolute Gasteiger partial charge is 0.311 e. The third kappa shape index (κ3) is 6.58. The summed E-state index contributed by atoms with van der Waals surface area (Å²) in [6, 6.07) is 15.8. The molecule has 10 nitrogen and oxygen atoms in total. The van der Waals surface area contributed by atoms with Gasteiger partial charge in [0.25, 0.3) is 5.91 Å². The number of benzene rings is 3. The van der Waals surface area contributed by atoms with Crippen molar-refractivity contribution in [3.63, 3.8) is 0 Å². The van der Waals surface area contributed by atoms with Gasteiger partial charge in [0.1, 0.15) is 11.4 Å². The molecule has 3 rings (SSSR count). The van der Waals surface area contributed by atoms with Crippen LogP contribution in [0.5, 0.6) is 11.5 Å². The van der Waals surface area contributed by atoms with Crippen LogP contribution in [-0.4, -0.2) is 28.8 Å². The van der Waals surface area contributed by atoms with Gasteiger partial charge in [0.2, 0.25) is 0 Å². The van der Waals surface area contributed by atoms with Crippen molar-refractivity contribution in [2.75, 3.05) is 6.61 Å². The third-order valence-electron chi connectivity index (χ3n) is 4.20. The Balaban J connectivity index is 1.61. The molecule has 11 heteroatoms. The van der Waals surface area contributed by atoms with Gasteiger partial charge in [0, 0.05) is 11.6 Å². The van der Waals surface area contributed by atoms with Gasteiger partial charge in [0.15, 0.2) is 12.4 Å². The standard InChI is InChI=1S/C22H18ClN5O5/c1-14-6-9-21(19(10-14)28(31)32)33-13-22(30)27-24-12-15-11-16(7-8-20(15)29)25-26-18-5-3-2-4-17(18)23/h2-12,29H,13H2,1H3,(H,27,30)/b24-12-,26-25?. The second-order valence-corrected chi connectivity index (χ2v) is 7.11. The summed E-state index contributed by atoms with van der Waals surface area (Å²) in [7, 11) is 0. The molecule has 0 aromatic heterocycles. The predicted octanol–water partition coefficient (Wildman–Crippen LogP) is 5.21. The van der Waals surface area contributed by atoms with Crippen molar-refractivity contribution in [3.05, 3.63) is 86.9 Å². The third-order valence-corrected chi connectivity index (χ3v) is 4.52. The zero-order chi connectivity index (χ0) is 23.8. The number of halogens is 1. The van der Waals surface area contributed by atoms with Crippen molar-refractivity contribution in [2.24, 2.45) is 15.3 Å². The average Bonchev–Trinajstić information content (AvgIpc) is 2.79. The van der Waals surface area contributed by atoms with Crippen LogP contribution in [0.15, 0.2) is 76.0 Å². The number of rotatable bonds is 8. The summed E-state index contributed by atoms with van der Waals surface area (Å²) in [6.07, 6.45) is 1.22. The quantitative estimate of drug-likeness (QED) is 0.203. The molecule has 0 aliphatic heterocycles. The van der Waals surface area contributed by atoms with Crippen LogP contribution in [0.3, 0.4) is 0 Å². The molecule has 0 saturated heterocycles. The molecule has 33 heavy (non-hydrogen) atoms. The number of nitro benzene ring substituents is 1. The number of nitrogens with one attached hydrogen (secondary N) is 1. The number of aryl methyl sites for hydroxylation is 1. The molecule has 0 fully saturated rings. The van der Waals surface area contributed by atoms with Gasteiger partial charge in [-0.05, 0) is 48.9 Å². The van der Waals surface area contributed by atoms with Gasteiger partial charge in [-0.25, -0.2) is 5.43 Å². The Morgan fingerprint density at radius 3 is 2.73 bits per heavy atom. The van der Waals surface area contributed by atoms with Crippen LogP contribution in [0.4, 0.5) is 17.1 Å². The Labute approximate surface area is 193 Å². The van der Waals surface area contributed by atoms with Crippen LogP contribution in [0, 0.1) is 17.0 Å². The minimum atomic E-state index is -0.643. The largest absolute Gasteiger partial charge is 0.507 e. The maximum Gasteiger partial charge on any atom is 0.311 e. The number of phenols is 1. The lowest BCUT2D eigenvalue weighted by Crippen LogP contribution is -2.24. The second kappa shape index (κ2) is 10.8. The molecule has 3 aromatic rings. The van der Waals surface area contributed by atoms with Crippen molar-refractivity contribution < 1.29 is 19.6 Å². The molecular weight excluding hydrogens is 450 g/mol. The van der Waals surface area contributed by atoms with Crippen molar-refractivity contribution in [1.29, 1.82) is 0 Å². The highest BCUT2D eigenvalue weighted by molar-refractivity contribution is 6.32. The van der Waals surface area contributed by atoms with E-state index in [4.69, 9.17) is 16.3 Å². The van der Waals surface area contributed by atoms with Crippen molar-refractivity contribution in [2.45, 2.75) is 6.92 Å². The van der Waals surface area contributed by atoms with Crippen LogP contribution in [0.2, 0.25) is 5.02 Å². The van der Waals surface area contributed by atoms with E-state index >= 15 is 0 Å². The molecule has 2 N–H and O–H groups in total. The summed E-state index contributed by atoms with van der Waals surface area (Å²) in [5.74, 6) is -0.759. The highest BCUT2D eigenvalue weighted by Gasteiger charge is 2.16. The molecule has 3 aromatic carbocycles. The molecule has 0 bridgehead atoms. The lowest BCUT2D eigenvalue weighted by atomic mass is 10.2. The van der Waals surface area contributed by atoms with E-state index in [-0.39, 0.29) is 22.7 Å². The van der Waals surface area contributed by atoms with Crippen molar-refractivity contribution in [3.8, 4) is 11.5 Å². The summed E-state index contributed by atoms with van der Waals surface area (Å²) < 4.78 is 5.23. The van der Waals surface area contributed by atoms with Crippen LogP contribution in [-0.2, 0) is 4.79 Å². The van der Waals surface area contributed by atoms with E-state index < -0.39 is 17.4 Å². The topological polar surface area (TPSA) is 139 Å². The highest BCUT2D eigenvalue weighted by Crippen LogP contribution is 2.28. The van der Waals surface area contributed by atoms with E-state index in [1.54, 1.807) is 43.3 Å². The Morgan fingerprint density at radius 1 is 1.18 bits per heavy atom. The van der Waals surface area contributed by atoms with Crippen LogP contribution < -0.4 is 10.2 Å². The first-order chi connectivity index (χ1) is 15.8. The van der Waals surface area contributed by atoms with Gasteiger partial charge < -0.3 is 9.84 Å². The number of hydrogen-bond donors (Lipinski definition) is 2. The minimum absolute atomic E-state index is 0.0287. The van der Waals surface area contributed by atoms with E-state index in [0.717, 1.165) is 0 Å². The molecule has 0 radical (unpaired) electrons. The molecule has 168 valence electrons. The Hall–Kier alpha value is -4.31. The Bertz CT molecular complexity index is 1250. The molecule has 0 aliphatic carbocycles. The van der Waals surface area contributed by atoms with Gasteiger partial charge >= 0.3 is 5.69 Å². The molecule has 0 saturated carbocycles. The number of nitrogens with zero attached hydrogens (tertiary/aromatic N) is 4. The first-order valence-electron chi connectivity index (χ1n) is 9.52. The fourth-order valence-corrected chi connectivity index (χ4v) is 2.77. The molecular formula is C22H18ClN5O5. The van der Waals surface area contributed by atoms with E-state index in [0.29, 0.717) is 22.0 Å². The van der Waals surface area contributed by atoms with E-state index in [2.05, 4.69) is 20.8 Å². The zero-order valence-corrected chi connectivity index (χ0v) is 18.1. The number of phenolic OH excluding ortho intramolecular Hbond substituents is 1. The maximum atomic E-state index is 12.0. The number of aromatic hydroxyl groups is 1. The van der Waals surface area contributed by atoms with Crippen molar-refractivity contribution in [1.82, 2.24) is 5.43 Å². The Kier molecular flexibility index (Phi) is 7.66. The van der Waals surface area contributed by atoms with Crippen LogP contribution >= 0.6 is 11.6 Å². The summed E-state index contributed by atoms with van der Waals surface area (Å²) in [6.45, 7) is 1.22. The first kappa shape index (κ1) is 23.4. The zero-order valence-electron chi connectivity index (χ0n) is 17.3. The van der Waals surface area contributed by atoms with Gasteiger partial charge in [-0.2, -0.15) is 10.2 Å². The molecule has 0 unspecified atom stereocenters. The summed E-state index contributed by atoms with van der Waals surface area (Å²) in [5, 5.41) is 33.5. The van der Waals surface area contributed by atoms with Crippen LogP contribution in [0.25, 0.3) is 0 Å². The molecule has 0 heterocycles. The SMILES string of the molecule is Cc1ccc(OCC(=O)N/N=C\c2cc(N=Nc3ccccc3Cl)ccc2O)c([N+](=O)[O-])c1. The fraction of sp³-hybridized carbons (Fsp3) is 0.0909. The van der Waals surface area contributed by atoms with E-state index in [9.17, 15) is 20.0 Å². The number of hydrogen-bond acceptors (Lipinski definition) is 8.